The van der Waals surface area contributed by atoms with Crippen LogP contribution in [0.1, 0.15) is 42.4 Å². The largest absolute Gasteiger partial charge is 0.436 e. The summed E-state index contributed by atoms with van der Waals surface area (Å²) in [5.41, 5.74) is 5.90. The highest BCUT2D eigenvalue weighted by Crippen LogP contribution is 2.38. The minimum atomic E-state index is -4.76. The summed E-state index contributed by atoms with van der Waals surface area (Å²) in [5, 5.41) is 2.70. The van der Waals surface area contributed by atoms with E-state index < -0.39 is 45.9 Å². The molecule has 3 saturated heterocycles. The Balaban J connectivity index is 0.00000109. The Morgan fingerprint density at radius 3 is 2.15 bits per heavy atom. The molecule has 1 atom stereocenters. The van der Waals surface area contributed by atoms with Crippen LogP contribution in [0.2, 0.25) is 5.02 Å². The van der Waals surface area contributed by atoms with Gasteiger partial charge in [-0.2, -0.15) is 21.6 Å². The predicted octanol–water partition coefficient (Wildman–Crippen LogP) is 4.13. The van der Waals surface area contributed by atoms with Crippen molar-refractivity contribution in [2.24, 2.45) is 0 Å². The lowest BCUT2D eigenvalue weighted by Gasteiger charge is -2.42. The first kappa shape index (κ1) is 42.3. The topological polar surface area (TPSA) is 189 Å². The van der Waals surface area contributed by atoms with E-state index in [9.17, 15) is 27.6 Å². The maximum absolute atomic E-state index is 14.0. The van der Waals surface area contributed by atoms with Crippen molar-refractivity contribution in [1.82, 2.24) is 24.5 Å². The minimum Gasteiger partial charge on any atom is -0.436 e. The zero-order valence-electron chi connectivity index (χ0n) is 30.4. The van der Waals surface area contributed by atoms with Crippen LogP contribution >= 0.6 is 11.6 Å². The third-order valence-corrected chi connectivity index (χ3v) is 10.9. The molecular formula is C35H47ClF3N7O8S. The number of nitrogens with zero attached hydrogens (tertiary/aromatic N) is 5. The van der Waals surface area contributed by atoms with Crippen molar-refractivity contribution in [3.63, 3.8) is 0 Å². The molecule has 0 saturated carbocycles. The van der Waals surface area contributed by atoms with Crippen LogP contribution in [0.15, 0.2) is 36.4 Å². The number of alkyl halides is 3. The first-order valence-electron chi connectivity index (χ1n) is 18.0. The molecule has 0 bridgehead atoms. The number of likely N-dealkylation sites (N-methyl/N-ethyl adjacent to an activating group) is 1. The number of rotatable bonds is 6. The Labute approximate surface area is 323 Å². The highest BCUT2D eigenvalue weighted by Gasteiger charge is 2.38. The fourth-order valence-corrected chi connectivity index (χ4v) is 7.80. The van der Waals surface area contributed by atoms with Crippen molar-refractivity contribution in [3.8, 4) is 0 Å². The van der Waals surface area contributed by atoms with Gasteiger partial charge in [0, 0.05) is 83.1 Å². The van der Waals surface area contributed by atoms with Gasteiger partial charge in [-0.25, -0.2) is 9.59 Å². The van der Waals surface area contributed by atoms with Crippen molar-refractivity contribution in [1.29, 1.82) is 0 Å². The Morgan fingerprint density at radius 2 is 1.53 bits per heavy atom. The number of piperidine rings is 2. The molecule has 4 aliphatic heterocycles. The van der Waals surface area contributed by atoms with Gasteiger partial charge >= 0.3 is 28.7 Å². The van der Waals surface area contributed by atoms with Crippen molar-refractivity contribution in [2.45, 2.75) is 62.9 Å². The number of piperazine rings is 1. The SMILES string of the molecule is CN1CCN(C2CCN(C(=O)C(Cc3cc(Cl)c(N)c(C(F)(F)F)c3)OC(=O)N3CCC(N4CCc5ccccc5NC4=O)CC3)CC2)CC1.O=S(=O)(O)O. The summed E-state index contributed by atoms with van der Waals surface area (Å²) in [4.78, 5) is 50.3. The molecule has 5 N–H and O–H groups in total. The van der Waals surface area contributed by atoms with Crippen molar-refractivity contribution >= 4 is 51.4 Å². The second kappa shape index (κ2) is 17.9. The number of nitrogens with one attached hydrogen (secondary N) is 1. The van der Waals surface area contributed by atoms with Crippen LogP contribution < -0.4 is 11.1 Å². The summed E-state index contributed by atoms with van der Waals surface area (Å²) in [6, 6.07) is 9.91. The molecule has 1 unspecified atom stereocenters. The number of anilines is 2. The average Bonchev–Trinajstić information content (AvgIpc) is 3.29. The lowest BCUT2D eigenvalue weighted by atomic mass is 9.99. The van der Waals surface area contributed by atoms with E-state index in [2.05, 4.69) is 22.2 Å². The summed E-state index contributed by atoms with van der Waals surface area (Å²) < 4.78 is 78.8. The number of nitrogen functional groups attached to an aromatic ring is 1. The number of benzene rings is 2. The van der Waals surface area contributed by atoms with Crippen LogP contribution in [-0.4, -0.2) is 144 Å². The number of halogens is 4. The van der Waals surface area contributed by atoms with Gasteiger partial charge in [0.1, 0.15) is 0 Å². The summed E-state index contributed by atoms with van der Waals surface area (Å²) in [7, 11) is -2.57. The van der Waals surface area contributed by atoms with E-state index in [1.165, 1.54) is 11.0 Å². The molecule has 15 nitrogen and oxygen atoms in total. The Bertz CT molecular complexity index is 1790. The number of carbonyl (C=O) groups is 3. The van der Waals surface area contributed by atoms with E-state index in [-0.39, 0.29) is 29.1 Å². The molecule has 4 aliphatic rings. The van der Waals surface area contributed by atoms with Crippen molar-refractivity contribution in [3.05, 3.63) is 58.1 Å². The number of hydrogen-bond acceptors (Lipinski definition) is 9. The van der Waals surface area contributed by atoms with Crippen LogP contribution in [0.4, 0.5) is 34.1 Å². The number of hydrogen-bond donors (Lipinski definition) is 4. The molecule has 304 valence electrons. The molecule has 0 aliphatic carbocycles. The van der Waals surface area contributed by atoms with E-state index in [0.717, 1.165) is 56.3 Å². The van der Waals surface area contributed by atoms with Gasteiger partial charge in [-0.3, -0.25) is 18.8 Å². The summed E-state index contributed by atoms with van der Waals surface area (Å²) in [5.74, 6) is -0.452. The number of urea groups is 1. The summed E-state index contributed by atoms with van der Waals surface area (Å²) >= 11 is 6.11. The number of para-hydroxylation sites is 1. The zero-order valence-corrected chi connectivity index (χ0v) is 32.0. The molecule has 4 heterocycles. The number of likely N-dealkylation sites (tertiary alicyclic amines) is 2. The van der Waals surface area contributed by atoms with Gasteiger partial charge in [0.25, 0.3) is 5.91 Å². The van der Waals surface area contributed by atoms with Gasteiger partial charge in [0.05, 0.1) is 16.3 Å². The van der Waals surface area contributed by atoms with Crippen LogP contribution in [0.25, 0.3) is 0 Å². The van der Waals surface area contributed by atoms with Crippen LogP contribution in [-0.2, 0) is 38.9 Å². The molecule has 0 spiro atoms. The van der Waals surface area contributed by atoms with Crippen LogP contribution in [0.3, 0.4) is 0 Å². The highest BCUT2D eigenvalue weighted by molar-refractivity contribution is 7.79. The third kappa shape index (κ3) is 11.6. The average molecular weight is 818 g/mol. The van der Waals surface area contributed by atoms with Gasteiger partial charge in [0.2, 0.25) is 0 Å². The van der Waals surface area contributed by atoms with Crippen LogP contribution in [0, 0.1) is 0 Å². The second-order valence-corrected chi connectivity index (χ2v) is 15.5. The molecular weight excluding hydrogens is 771 g/mol. The summed E-state index contributed by atoms with van der Waals surface area (Å²) in [6.45, 7) is 5.93. The third-order valence-electron chi connectivity index (χ3n) is 10.6. The smallest absolute Gasteiger partial charge is 0.418 e. The zero-order chi connectivity index (χ0) is 40.1. The monoisotopic (exact) mass is 817 g/mol. The van der Waals surface area contributed by atoms with E-state index in [0.29, 0.717) is 58.0 Å². The Kier molecular flexibility index (Phi) is 13.8. The van der Waals surface area contributed by atoms with E-state index in [1.807, 2.05) is 29.2 Å². The first-order chi connectivity index (χ1) is 25.9. The molecule has 55 heavy (non-hydrogen) atoms. The number of amides is 4. The summed E-state index contributed by atoms with van der Waals surface area (Å²) in [6.07, 6.45) is -3.90. The molecule has 4 amide bonds. The van der Waals surface area contributed by atoms with Crippen molar-refractivity contribution in [2.75, 3.05) is 77.0 Å². The minimum absolute atomic E-state index is 0.0851. The normalized spacial score (nSPS) is 20.1. The predicted molar refractivity (Wildman–Crippen MR) is 198 cm³/mol. The van der Waals surface area contributed by atoms with E-state index in [1.54, 1.807) is 4.90 Å². The van der Waals surface area contributed by atoms with Gasteiger partial charge in [-0.15, -0.1) is 0 Å². The molecule has 2 aromatic carbocycles. The fraction of sp³-hybridized carbons (Fsp3) is 0.571. The first-order valence-corrected chi connectivity index (χ1v) is 19.8. The Hall–Kier alpha value is -3.88. The highest BCUT2D eigenvalue weighted by atomic mass is 35.5. The second-order valence-electron chi connectivity index (χ2n) is 14.2. The van der Waals surface area contributed by atoms with Gasteiger partial charge in [-0.1, -0.05) is 29.8 Å². The number of fused-ring (bicyclic) bond motifs is 1. The molecule has 3 fully saturated rings. The maximum Gasteiger partial charge on any atom is 0.418 e. The number of nitrogens with two attached hydrogens (primary N) is 1. The lowest BCUT2D eigenvalue weighted by molar-refractivity contribution is -0.142. The van der Waals surface area contributed by atoms with Gasteiger partial charge < -0.3 is 35.4 Å². The fourth-order valence-electron chi connectivity index (χ4n) is 7.56. The standard InChI is InChI=1S/C35H45ClF3N7O4.H2O4S/c1-42-16-18-43(19-17-42)25-7-11-44(12-8-25)32(47)30(22-23-20-27(35(37,38)39)31(40)28(36)21-23)50-34(49)45-13-9-26(10-14-45)46-15-6-24-4-2-3-5-29(24)41-33(46)48;1-5(2,3)4/h2-5,20-21,25-26,30H,6-19,22,40H2,1H3,(H,41,48);(H2,1,2,3,4). The molecule has 0 aromatic heterocycles. The number of ether oxygens (including phenoxy) is 1. The van der Waals surface area contributed by atoms with Crippen molar-refractivity contribution < 1.29 is 49.8 Å². The maximum atomic E-state index is 14.0. The van der Waals surface area contributed by atoms with Crippen LogP contribution in [0.5, 0.6) is 0 Å². The van der Waals surface area contributed by atoms with Gasteiger partial charge in [0.15, 0.2) is 6.10 Å². The van der Waals surface area contributed by atoms with Gasteiger partial charge in [-0.05, 0) is 68.5 Å². The van der Waals surface area contributed by atoms with E-state index >= 15 is 0 Å². The molecule has 2 aromatic rings. The molecule has 6 rings (SSSR count). The Morgan fingerprint density at radius 1 is 0.945 bits per heavy atom. The molecule has 20 heteroatoms. The quantitative estimate of drug-likeness (QED) is 0.243. The number of carbonyl (C=O) groups excluding carboxylic acids is 3. The lowest BCUT2D eigenvalue weighted by Crippen LogP contribution is -2.54. The molecule has 0 radical (unpaired) electrons. The van der Waals surface area contributed by atoms with E-state index in [4.69, 9.17) is 39.6 Å².